The summed E-state index contributed by atoms with van der Waals surface area (Å²) >= 11 is 5.92. The van der Waals surface area contributed by atoms with Gasteiger partial charge >= 0.3 is 0 Å². The molecule has 2 saturated heterocycles. The molecular weight excluding hydrogens is 379 g/mol. The van der Waals surface area contributed by atoms with Gasteiger partial charge in [-0.15, -0.1) is 0 Å². The molecule has 4 nitrogen and oxygen atoms in total. The summed E-state index contributed by atoms with van der Waals surface area (Å²) in [5.74, 6) is 0.0951. The van der Waals surface area contributed by atoms with E-state index in [1.165, 1.54) is 0 Å². The van der Waals surface area contributed by atoms with E-state index >= 15 is 0 Å². The van der Waals surface area contributed by atoms with Crippen molar-refractivity contribution in [1.29, 1.82) is 0 Å². The lowest BCUT2D eigenvalue weighted by molar-refractivity contribution is -0.133. The zero-order chi connectivity index (χ0) is 19.7. The zero-order valence-electron chi connectivity index (χ0n) is 15.6. The Bertz CT molecular complexity index is 827. The molecule has 2 aromatic carbocycles. The molecule has 2 fully saturated rings. The van der Waals surface area contributed by atoms with E-state index in [0.717, 1.165) is 17.5 Å². The molecule has 3 unspecified atom stereocenters. The van der Waals surface area contributed by atoms with Crippen molar-refractivity contribution in [2.24, 2.45) is 0 Å². The second-order valence-electron chi connectivity index (χ2n) is 7.69. The number of nitrogens with zero attached hydrogens (tertiary/aromatic N) is 2. The van der Waals surface area contributed by atoms with Crippen LogP contribution in [0, 0.1) is 0 Å². The third kappa shape index (κ3) is 4.01. The largest absolute Gasteiger partial charge is 0.508 e. The number of phenolic OH excluding ortho intramolecular Hbond substituents is 1. The highest BCUT2D eigenvalue weighted by atomic mass is 35.5. The van der Waals surface area contributed by atoms with Gasteiger partial charge in [-0.2, -0.15) is 0 Å². The minimum absolute atomic E-state index is 0.0882. The summed E-state index contributed by atoms with van der Waals surface area (Å²) in [5.41, 5.74) is 1.96. The number of amides is 1. The second kappa shape index (κ2) is 8.10. The van der Waals surface area contributed by atoms with Crippen molar-refractivity contribution in [3.8, 4) is 5.75 Å². The van der Waals surface area contributed by atoms with Crippen molar-refractivity contribution >= 4 is 17.5 Å². The predicted molar refractivity (Wildman–Crippen MR) is 107 cm³/mol. The summed E-state index contributed by atoms with van der Waals surface area (Å²) in [7, 11) is 0. The Morgan fingerprint density at radius 3 is 2.43 bits per heavy atom. The van der Waals surface area contributed by atoms with E-state index in [9.17, 15) is 14.3 Å². The Morgan fingerprint density at radius 2 is 1.75 bits per heavy atom. The molecule has 2 heterocycles. The topological polar surface area (TPSA) is 43.8 Å². The number of halogens is 2. The lowest BCUT2D eigenvalue weighted by atomic mass is 9.87. The van der Waals surface area contributed by atoms with Crippen LogP contribution in [0.1, 0.15) is 29.9 Å². The Hall–Kier alpha value is -2.11. The molecule has 0 radical (unpaired) electrons. The Kier molecular flexibility index (Phi) is 5.56. The number of likely N-dealkylation sites (tertiary alicyclic amines) is 2. The van der Waals surface area contributed by atoms with Gasteiger partial charge in [0.15, 0.2) is 0 Å². The van der Waals surface area contributed by atoms with Gasteiger partial charge in [-0.3, -0.25) is 9.69 Å². The first-order valence-corrected chi connectivity index (χ1v) is 10.1. The Balaban J connectivity index is 1.37. The number of piperidine rings is 1. The molecule has 148 valence electrons. The quantitative estimate of drug-likeness (QED) is 0.841. The van der Waals surface area contributed by atoms with E-state index in [0.29, 0.717) is 31.1 Å². The predicted octanol–water partition coefficient (Wildman–Crippen LogP) is 3.97. The molecule has 4 rings (SSSR count). The Morgan fingerprint density at radius 1 is 1.04 bits per heavy atom. The summed E-state index contributed by atoms with van der Waals surface area (Å²) < 4.78 is 14.9. The number of benzene rings is 2. The minimum atomic E-state index is -1.02. The number of hydrogen-bond acceptors (Lipinski definition) is 3. The van der Waals surface area contributed by atoms with Crippen molar-refractivity contribution in [3.63, 3.8) is 0 Å². The first-order chi connectivity index (χ1) is 13.5. The van der Waals surface area contributed by atoms with Crippen LogP contribution >= 0.6 is 11.6 Å². The van der Waals surface area contributed by atoms with Crippen LogP contribution < -0.4 is 0 Å². The molecule has 6 heteroatoms. The SMILES string of the molecule is O=C1C(N2CCC(c3ccc(O)cc3)C(F)C2)CCN1Cc1ccc(Cl)cc1. The highest BCUT2D eigenvalue weighted by Crippen LogP contribution is 2.33. The average molecular weight is 403 g/mol. The number of hydrogen-bond donors (Lipinski definition) is 1. The van der Waals surface area contributed by atoms with Crippen LogP contribution in [0.5, 0.6) is 5.75 Å². The maximum absolute atomic E-state index is 14.9. The van der Waals surface area contributed by atoms with E-state index in [1.54, 1.807) is 24.3 Å². The van der Waals surface area contributed by atoms with Crippen LogP contribution in [0.15, 0.2) is 48.5 Å². The maximum Gasteiger partial charge on any atom is 0.240 e. The summed E-state index contributed by atoms with van der Waals surface area (Å²) in [4.78, 5) is 16.7. The van der Waals surface area contributed by atoms with Crippen molar-refractivity contribution in [2.45, 2.75) is 37.5 Å². The Labute approximate surface area is 169 Å². The van der Waals surface area contributed by atoms with E-state index in [2.05, 4.69) is 0 Å². The fourth-order valence-electron chi connectivity index (χ4n) is 4.34. The molecule has 0 saturated carbocycles. The highest BCUT2D eigenvalue weighted by Gasteiger charge is 2.40. The smallest absolute Gasteiger partial charge is 0.240 e. The van der Waals surface area contributed by atoms with E-state index in [4.69, 9.17) is 11.6 Å². The van der Waals surface area contributed by atoms with Gasteiger partial charge in [0.05, 0.1) is 6.04 Å². The molecule has 3 atom stereocenters. The van der Waals surface area contributed by atoms with Crippen LogP contribution in [0.4, 0.5) is 4.39 Å². The molecule has 0 aliphatic carbocycles. The van der Waals surface area contributed by atoms with Gasteiger partial charge in [0.1, 0.15) is 11.9 Å². The van der Waals surface area contributed by atoms with E-state index in [1.807, 2.05) is 34.1 Å². The fourth-order valence-corrected chi connectivity index (χ4v) is 4.46. The summed E-state index contributed by atoms with van der Waals surface area (Å²) in [6.07, 6.45) is 0.395. The second-order valence-corrected chi connectivity index (χ2v) is 8.12. The van der Waals surface area contributed by atoms with Gasteiger partial charge in [-0.05, 0) is 54.8 Å². The number of carbonyl (C=O) groups is 1. The van der Waals surface area contributed by atoms with Crippen molar-refractivity contribution in [3.05, 3.63) is 64.7 Å². The third-order valence-electron chi connectivity index (χ3n) is 5.89. The van der Waals surface area contributed by atoms with Crippen molar-refractivity contribution in [1.82, 2.24) is 9.80 Å². The standard InChI is InChI=1S/C22H24ClFN2O2/c23-17-5-1-15(2-6-17)13-26-12-10-21(22(26)28)25-11-9-19(20(24)14-25)16-3-7-18(27)8-4-16/h1-8,19-21,27H,9-14H2. The third-order valence-corrected chi connectivity index (χ3v) is 6.14. The van der Waals surface area contributed by atoms with Crippen LogP contribution in [0.25, 0.3) is 0 Å². The average Bonchev–Trinajstić information content (AvgIpc) is 3.05. The van der Waals surface area contributed by atoms with Crippen molar-refractivity contribution < 1.29 is 14.3 Å². The normalized spacial score (nSPS) is 26.0. The van der Waals surface area contributed by atoms with E-state index in [-0.39, 0.29) is 30.2 Å². The van der Waals surface area contributed by atoms with Gasteiger partial charge in [-0.1, -0.05) is 35.9 Å². The molecule has 2 aliphatic heterocycles. The molecular formula is C22H24ClFN2O2. The molecule has 1 N–H and O–H groups in total. The first-order valence-electron chi connectivity index (χ1n) is 9.71. The molecule has 0 bridgehead atoms. The minimum Gasteiger partial charge on any atom is -0.508 e. The summed E-state index contributed by atoms with van der Waals surface area (Å²) in [6, 6.07) is 14.1. The van der Waals surface area contributed by atoms with Crippen LogP contribution in [-0.4, -0.2) is 52.7 Å². The fraction of sp³-hybridized carbons (Fsp3) is 0.409. The van der Waals surface area contributed by atoms with Crippen LogP contribution in [0.2, 0.25) is 5.02 Å². The molecule has 0 aromatic heterocycles. The molecule has 2 aromatic rings. The van der Waals surface area contributed by atoms with Gasteiger partial charge in [0.25, 0.3) is 0 Å². The van der Waals surface area contributed by atoms with Gasteiger partial charge in [-0.25, -0.2) is 4.39 Å². The number of phenols is 1. The molecule has 1 amide bonds. The van der Waals surface area contributed by atoms with E-state index < -0.39 is 6.17 Å². The lowest BCUT2D eigenvalue weighted by Crippen LogP contribution is -2.49. The maximum atomic E-state index is 14.9. The number of aromatic hydroxyl groups is 1. The van der Waals surface area contributed by atoms with Crippen LogP contribution in [0.3, 0.4) is 0 Å². The van der Waals surface area contributed by atoms with Crippen molar-refractivity contribution in [2.75, 3.05) is 19.6 Å². The molecule has 2 aliphatic rings. The number of carbonyl (C=O) groups excluding carboxylic acids is 1. The molecule has 28 heavy (non-hydrogen) atoms. The van der Waals surface area contributed by atoms with Gasteiger partial charge < -0.3 is 10.0 Å². The summed E-state index contributed by atoms with van der Waals surface area (Å²) in [6.45, 7) is 2.24. The van der Waals surface area contributed by atoms with Crippen LogP contribution in [-0.2, 0) is 11.3 Å². The zero-order valence-corrected chi connectivity index (χ0v) is 16.4. The lowest BCUT2D eigenvalue weighted by Gasteiger charge is -2.37. The number of rotatable bonds is 4. The summed E-state index contributed by atoms with van der Waals surface area (Å²) in [5, 5.41) is 10.1. The monoisotopic (exact) mass is 402 g/mol. The number of alkyl halides is 1. The van der Waals surface area contributed by atoms with Gasteiger partial charge in [0.2, 0.25) is 5.91 Å². The molecule has 0 spiro atoms. The van der Waals surface area contributed by atoms with Gasteiger partial charge in [0, 0.05) is 30.6 Å². The first kappa shape index (κ1) is 19.2. The highest BCUT2D eigenvalue weighted by molar-refractivity contribution is 6.30.